The molecule has 1 aromatic rings. The van der Waals surface area contributed by atoms with Crippen molar-refractivity contribution < 1.29 is 9.90 Å². The molecular weight excluding hydrogens is 166 g/mol. The van der Waals surface area contributed by atoms with E-state index in [0.29, 0.717) is 11.1 Å². The first-order valence-electron chi connectivity index (χ1n) is 4.13. The summed E-state index contributed by atoms with van der Waals surface area (Å²) in [5, 5.41) is 9.48. The van der Waals surface area contributed by atoms with Gasteiger partial charge in [0.05, 0.1) is 6.10 Å². The SMILES string of the molecule is Cc1ccc(C=O)c(C(O)CN)c1. The predicted molar refractivity (Wildman–Crippen MR) is 50.6 cm³/mol. The molecule has 13 heavy (non-hydrogen) atoms. The topological polar surface area (TPSA) is 63.3 Å². The fourth-order valence-electron chi connectivity index (χ4n) is 1.22. The Bertz CT molecular complexity index is 310. The molecule has 0 aliphatic heterocycles. The lowest BCUT2D eigenvalue weighted by Gasteiger charge is -2.11. The molecule has 0 saturated heterocycles. The Morgan fingerprint density at radius 1 is 1.62 bits per heavy atom. The summed E-state index contributed by atoms with van der Waals surface area (Å²) in [6, 6.07) is 5.30. The van der Waals surface area contributed by atoms with Crippen LogP contribution in [-0.4, -0.2) is 17.9 Å². The van der Waals surface area contributed by atoms with E-state index in [0.717, 1.165) is 11.8 Å². The number of nitrogens with two attached hydrogens (primary N) is 1. The standard InChI is InChI=1S/C10H13NO2/c1-7-2-3-8(6-12)9(4-7)10(13)5-11/h2-4,6,10,13H,5,11H2,1H3. The monoisotopic (exact) mass is 179 g/mol. The average Bonchev–Trinajstić information content (AvgIpc) is 2.16. The maximum Gasteiger partial charge on any atom is 0.150 e. The number of aliphatic hydroxyl groups excluding tert-OH is 1. The van der Waals surface area contributed by atoms with Crippen molar-refractivity contribution >= 4 is 6.29 Å². The van der Waals surface area contributed by atoms with E-state index in [1.54, 1.807) is 12.1 Å². The lowest BCUT2D eigenvalue weighted by Crippen LogP contribution is -2.13. The summed E-state index contributed by atoms with van der Waals surface area (Å²) < 4.78 is 0. The highest BCUT2D eigenvalue weighted by Gasteiger charge is 2.09. The highest BCUT2D eigenvalue weighted by molar-refractivity contribution is 5.77. The third-order valence-electron chi connectivity index (χ3n) is 1.95. The van der Waals surface area contributed by atoms with Gasteiger partial charge in [0, 0.05) is 12.1 Å². The second-order valence-electron chi connectivity index (χ2n) is 3.00. The van der Waals surface area contributed by atoms with Gasteiger partial charge in [0.1, 0.15) is 6.29 Å². The molecule has 0 aliphatic carbocycles. The Hall–Kier alpha value is -1.19. The average molecular weight is 179 g/mol. The van der Waals surface area contributed by atoms with E-state index in [9.17, 15) is 9.90 Å². The van der Waals surface area contributed by atoms with Gasteiger partial charge in [-0.1, -0.05) is 23.8 Å². The Morgan fingerprint density at radius 2 is 2.31 bits per heavy atom. The first kappa shape index (κ1) is 9.89. The van der Waals surface area contributed by atoms with Gasteiger partial charge in [-0.05, 0) is 12.5 Å². The molecule has 0 aromatic heterocycles. The minimum Gasteiger partial charge on any atom is -0.387 e. The summed E-state index contributed by atoms with van der Waals surface area (Å²) in [7, 11) is 0. The molecule has 3 N–H and O–H groups in total. The third kappa shape index (κ3) is 2.14. The van der Waals surface area contributed by atoms with E-state index in [1.165, 1.54) is 0 Å². The molecule has 0 bridgehead atoms. The molecule has 1 rings (SSSR count). The zero-order valence-electron chi connectivity index (χ0n) is 7.53. The van der Waals surface area contributed by atoms with Crippen molar-refractivity contribution in [3.05, 3.63) is 34.9 Å². The van der Waals surface area contributed by atoms with Crippen LogP contribution in [0.3, 0.4) is 0 Å². The van der Waals surface area contributed by atoms with Gasteiger partial charge >= 0.3 is 0 Å². The number of hydrogen-bond acceptors (Lipinski definition) is 3. The normalized spacial score (nSPS) is 12.5. The number of aldehydes is 1. The second-order valence-corrected chi connectivity index (χ2v) is 3.00. The second kappa shape index (κ2) is 4.16. The Balaban J connectivity index is 3.15. The van der Waals surface area contributed by atoms with Crippen molar-refractivity contribution in [2.24, 2.45) is 5.73 Å². The van der Waals surface area contributed by atoms with Crippen LogP contribution in [0, 0.1) is 6.92 Å². The summed E-state index contributed by atoms with van der Waals surface area (Å²) in [6.07, 6.45) is -0.0201. The van der Waals surface area contributed by atoms with Crippen LogP contribution in [0.5, 0.6) is 0 Å². The van der Waals surface area contributed by atoms with Crippen molar-refractivity contribution in [1.29, 1.82) is 0 Å². The Labute approximate surface area is 77.2 Å². The minimum atomic E-state index is -0.750. The van der Waals surface area contributed by atoms with E-state index in [2.05, 4.69) is 0 Å². The maximum absolute atomic E-state index is 10.6. The van der Waals surface area contributed by atoms with Crippen LogP contribution < -0.4 is 5.73 Å². The van der Waals surface area contributed by atoms with E-state index in [1.807, 2.05) is 13.0 Å². The van der Waals surface area contributed by atoms with Crippen LogP contribution in [0.4, 0.5) is 0 Å². The number of aryl methyl sites for hydroxylation is 1. The Kier molecular flexibility index (Phi) is 3.17. The van der Waals surface area contributed by atoms with Gasteiger partial charge in [-0.2, -0.15) is 0 Å². The molecule has 0 amide bonds. The van der Waals surface area contributed by atoms with Gasteiger partial charge in [0.25, 0.3) is 0 Å². The molecule has 0 heterocycles. The quantitative estimate of drug-likeness (QED) is 0.674. The molecule has 1 aromatic carbocycles. The molecule has 1 unspecified atom stereocenters. The molecule has 0 aliphatic rings. The predicted octanol–water partition coefficient (Wildman–Crippen LogP) is 0.800. The summed E-state index contributed by atoms with van der Waals surface area (Å²) in [5.74, 6) is 0. The van der Waals surface area contributed by atoms with Crippen LogP contribution in [0.15, 0.2) is 18.2 Å². The van der Waals surface area contributed by atoms with Crippen LogP contribution in [-0.2, 0) is 0 Å². The molecule has 0 fully saturated rings. The van der Waals surface area contributed by atoms with Gasteiger partial charge in [0.15, 0.2) is 0 Å². The molecule has 0 spiro atoms. The largest absolute Gasteiger partial charge is 0.387 e. The summed E-state index contributed by atoms with van der Waals surface area (Å²) in [4.78, 5) is 10.6. The van der Waals surface area contributed by atoms with Gasteiger partial charge in [0.2, 0.25) is 0 Å². The van der Waals surface area contributed by atoms with E-state index in [4.69, 9.17) is 5.73 Å². The molecule has 3 nitrogen and oxygen atoms in total. The number of hydrogen-bond donors (Lipinski definition) is 2. The molecule has 0 radical (unpaired) electrons. The third-order valence-corrected chi connectivity index (χ3v) is 1.95. The summed E-state index contributed by atoms with van der Waals surface area (Å²) >= 11 is 0. The van der Waals surface area contributed by atoms with E-state index < -0.39 is 6.10 Å². The summed E-state index contributed by atoms with van der Waals surface area (Å²) in [6.45, 7) is 2.03. The van der Waals surface area contributed by atoms with Crippen molar-refractivity contribution in [2.45, 2.75) is 13.0 Å². The number of aliphatic hydroxyl groups is 1. The van der Waals surface area contributed by atoms with Crippen LogP contribution in [0.2, 0.25) is 0 Å². The van der Waals surface area contributed by atoms with Gasteiger partial charge in [-0.15, -0.1) is 0 Å². The van der Waals surface area contributed by atoms with Gasteiger partial charge in [-0.3, -0.25) is 4.79 Å². The first-order valence-corrected chi connectivity index (χ1v) is 4.13. The fourth-order valence-corrected chi connectivity index (χ4v) is 1.22. The molecule has 3 heteroatoms. The first-order chi connectivity index (χ1) is 6.19. The number of rotatable bonds is 3. The van der Waals surface area contributed by atoms with Crippen molar-refractivity contribution in [2.75, 3.05) is 6.54 Å². The lowest BCUT2D eigenvalue weighted by atomic mass is 10.0. The van der Waals surface area contributed by atoms with Gasteiger partial charge in [-0.25, -0.2) is 0 Å². The van der Waals surface area contributed by atoms with Crippen molar-refractivity contribution in [3.8, 4) is 0 Å². The lowest BCUT2D eigenvalue weighted by molar-refractivity contribution is 0.111. The minimum absolute atomic E-state index is 0.129. The highest BCUT2D eigenvalue weighted by atomic mass is 16.3. The van der Waals surface area contributed by atoms with E-state index in [-0.39, 0.29) is 6.54 Å². The molecular formula is C10H13NO2. The van der Waals surface area contributed by atoms with Crippen molar-refractivity contribution in [3.63, 3.8) is 0 Å². The molecule has 70 valence electrons. The number of carbonyl (C=O) groups is 1. The fraction of sp³-hybridized carbons (Fsp3) is 0.300. The smallest absolute Gasteiger partial charge is 0.150 e. The molecule has 1 atom stereocenters. The number of benzene rings is 1. The Morgan fingerprint density at radius 3 is 2.85 bits per heavy atom. The maximum atomic E-state index is 10.6. The summed E-state index contributed by atoms with van der Waals surface area (Å²) in [5.41, 5.74) is 7.43. The van der Waals surface area contributed by atoms with Crippen molar-refractivity contribution in [1.82, 2.24) is 0 Å². The van der Waals surface area contributed by atoms with Gasteiger partial charge < -0.3 is 10.8 Å². The van der Waals surface area contributed by atoms with E-state index >= 15 is 0 Å². The van der Waals surface area contributed by atoms with Crippen LogP contribution in [0.25, 0.3) is 0 Å². The zero-order valence-corrected chi connectivity index (χ0v) is 7.53. The van der Waals surface area contributed by atoms with Crippen LogP contribution in [0.1, 0.15) is 27.6 Å². The van der Waals surface area contributed by atoms with Crippen LogP contribution >= 0.6 is 0 Å². The number of carbonyl (C=O) groups excluding carboxylic acids is 1. The molecule has 0 saturated carbocycles. The highest BCUT2D eigenvalue weighted by Crippen LogP contribution is 2.17. The zero-order chi connectivity index (χ0) is 9.84.